The van der Waals surface area contributed by atoms with Gasteiger partial charge in [-0.1, -0.05) is 140 Å². The van der Waals surface area contributed by atoms with Gasteiger partial charge >= 0.3 is 0 Å². The van der Waals surface area contributed by atoms with Crippen molar-refractivity contribution in [2.24, 2.45) is 0 Å². The van der Waals surface area contributed by atoms with Crippen LogP contribution in [0.3, 0.4) is 0 Å². The van der Waals surface area contributed by atoms with E-state index < -0.39 is 0 Å². The zero-order valence-electron chi connectivity index (χ0n) is 28.3. The molecule has 0 atom stereocenters. The molecule has 244 valence electrons. The molecule has 2 heterocycles. The van der Waals surface area contributed by atoms with Crippen molar-refractivity contribution in [3.05, 3.63) is 194 Å². The topological polar surface area (TPSA) is 34.0 Å². The number of benzene rings is 8. The summed E-state index contributed by atoms with van der Waals surface area (Å²) in [5.41, 5.74) is 10.4. The second-order valence-electron chi connectivity index (χ2n) is 13.0. The normalized spacial score (nSPS) is 11.5. The minimum Gasteiger partial charge on any atom is -0.308 e. The number of para-hydroxylation sites is 6. The van der Waals surface area contributed by atoms with Crippen molar-refractivity contribution in [1.29, 1.82) is 0 Å². The van der Waals surface area contributed by atoms with Gasteiger partial charge in [-0.25, -0.2) is 9.97 Å². The number of hydrogen-bond donors (Lipinski definition) is 0. The molecule has 0 saturated heterocycles. The lowest BCUT2D eigenvalue weighted by atomic mass is 9.92. The first-order valence-electron chi connectivity index (χ1n) is 17.6. The van der Waals surface area contributed by atoms with Gasteiger partial charge in [0.25, 0.3) is 0 Å². The van der Waals surface area contributed by atoms with E-state index in [0.29, 0.717) is 0 Å². The van der Waals surface area contributed by atoms with E-state index in [2.05, 4.69) is 204 Å². The highest BCUT2D eigenvalue weighted by Gasteiger charge is 2.22. The molecule has 0 fully saturated rings. The number of pyridine rings is 1. The van der Waals surface area contributed by atoms with Crippen LogP contribution in [0, 0.1) is 0 Å². The van der Waals surface area contributed by atoms with Crippen molar-refractivity contribution in [2.75, 3.05) is 4.90 Å². The van der Waals surface area contributed by atoms with Crippen molar-refractivity contribution in [3.8, 4) is 28.3 Å². The summed E-state index contributed by atoms with van der Waals surface area (Å²) in [5, 5.41) is 5.69. The number of rotatable bonds is 6. The monoisotopic (exact) mass is 664 g/mol. The maximum atomic E-state index is 5.56. The quantitative estimate of drug-likeness (QED) is 0.166. The van der Waals surface area contributed by atoms with E-state index in [0.717, 1.165) is 83.5 Å². The number of nitrogens with zero attached hydrogens (tertiary/aromatic N) is 4. The number of anilines is 3. The summed E-state index contributed by atoms with van der Waals surface area (Å²) >= 11 is 0. The van der Waals surface area contributed by atoms with Gasteiger partial charge < -0.3 is 4.90 Å². The lowest BCUT2D eigenvalue weighted by Crippen LogP contribution is -2.11. The molecule has 2 aromatic heterocycles. The minimum absolute atomic E-state index is 0.916. The number of hydrogen-bond acceptors (Lipinski definition) is 3. The first-order valence-corrected chi connectivity index (χ1v) is 17.6. The van der Waals surface area contributed by atoms with E-state index in [-0.39, 0.29) is 0 Å². The average molecular weight is 665 g/mol. The molecule has 0 bridgehead atoms. The summed E-state index contributed by atoms with van der Waals surface area (Å²) in [6.07, 6.45) is 0. The third-order valence-corrected chi connectivity index (χ3v) is 9.96. The Kier molecular flexibility index (Phi) is 7.10. The van der Waals surface area contributed by atoms with Crippen LogP contribution in [-0.2, 0) is 0 Å². The Balaban J connectivity index is 1.32. The zero-order valence-corrected chi connectivity index (χ0v) is 28.3. The third-order valence-electron chi connectivity index (χ3n) is 9.96. The lowest BCUT2D eigenvalue weighted by molar-refractivity contribution is 1.11. The molecule has 0 amide bonds. The van der Waals surface area contributed by atoms with Gasteiger partial charge in [0, 0.05) is 44.3 Å². The second-order valence-corrected chi connectivity index (χ2v) is 13.0. The van der Waals surface area contributed by atoms with Gasteiger partial charge in [0.15, 0.2) is 0 Å². The predicted octanol–water partition coefficient (Wildman–Crippen LogP) is 12.7. The molecule has 0 radical (unpaired) electrons. The highest BCUT2D eigenvalue weighted by atomic mass is 15.1. The van der Waals surface area contributed by atoms with Crippen LogP contribution in [0.2, 0.25) is 0 Å². The predicted molar refractivity (Wildman–Crippen MR) is 217 cm³/mol. The van der Waals surface area contributed by atoms with Gasteiger partial charge in [-0.3, -0.25) is 4.57 Å². The van der Waals surface area contributed by atoms with Gasteiger partial charge in [0.2, 0.25) is 0 Å². The smallest absolute Gasteiger partial charge is 0.146 e. The first kappa shape index (κ1) is 29.8. The summed E-state index contributed by atoms with van der Waals surface area (Å²) < 4.78 is 2.28. The summed E-state index contributed by atoms with van der Waals surface area (Å²) in [6.45, 7) is 0. The van der Waals surface area contributed by atoms with Crippen LogP contribution < -0.4 is 4.90 Å². The molecule has 0 N–H and O–H groups in total. The summed E-state index contributed by atoms with van der Waals surface area (Å²) in [7, 11) is 0. The van der Waals surface area contributed by atoms with Crippen molar-refractivity contribution < 1.29 is 0 Å². The Bertz CT molecular complexity index is 2840. The van der Waals surface area contributed by atoms with Gasteiger partial charge in [-0.15, -0.1) is 0 Å². The number of imidazole rings is 1. The Labute approximate surface area is 301 Å². The summed E-state index contributed by atoms with van der Waals surface area (Å²) in [5.74, 6) is 0.916. The third kappa shape index (κ3) is 4.84. The minimum atomic E-state index is 0.916. The standard InChI is InChI=1S/C48H32N4/c1-5-17-33(18-6-1)46-41-32-31-37-38(25-15-26-39(37)48-49-42-28-13-14-29-43(42)52(48)36-23-11-4-12-24-36)45(41)40-27-16-30-44(47(40)50-46)51(34-19-7-2-8-20-34)35-21-9-3-10-22-35/h1-32H. The molecule has 0 saturated carbocycles. The van der Waals surface area contributed by atoms with Crippen LogP contribution in [0.4, 0.5) is 17.1 Å². The molecule has 0 aliphatic rings. The summed E-state index contributed by atoms with van der Waals surface area (Å²) in [6, 6.07) is 68.3. The highest BCUT2D eigenvalue weighted by molar-refractivity contribution is 6.25. The van der Waals surface area contributed by atoms with E-state index in [9.17, 15) is 0 Å². The molecule has 4 heteroatoms. The maximum Gasteiger partial charge on any atom is 0.146 e. The van der Waals surface area contributed by atoms with Gasteiger partial charge in [-0.05, 0) is 65.4 Å². The Hall–Kier alpha value is -7.04. The molecule has 0 unspecified atom stereocenters. The second kappa shape index (κ2) is 12.4. The molecule has 10 rings (SSSR count). The molecule has 52 heavy (non-hydrogen) atoms. The first-order chi connectivity index (χ1) is 25.8. The highest BCUT2D eigenvalue weighted by Crippen LogP contribution is 2.45. The van der Waals surface area contributed by atoms with Gasteiger partial charge in [0.1, 0.15) is 5.82 Å². The van der Waals surface area contributed by atoms with Crippen molar-refractivity contribution in [1.82, 2.24) is 14.5 Å². The molecule has 8 aromatic carbocycles. The van der Waals surface area contributed by atoms with Crippen LogP contribution in [-0.4, -0.2) is 14.5 Å². The molecular weight excluding hydrogens is 633 g/mol. The Morgan fingerprint density at radius 3 is 1.75 bits per heavy atom. The van der Waals surface area contributed by atoms with Crippen LogP contribution in [0.25, 0.3) is 71.8 Å². The van der Waals surface area contributed by atoms with E-state index in [4.69, 9.17) is 9.97 Å². The average Bonchev–Trinajstić information content (AvgIpc) is 3.61. The van der Waals surface area contributed by atoms with Gasteiger partial charge in [-0.2, -0.15) is 0 Å². The molecule has 0 spiro atoms. The van der Waals surface area contributed by atoms with E-state index in [1.807, 2.05) is 0 Å². The maximum absolute atomic E-state index is 5.56. The molecule has 4 nitrogen and oxygen atoms in total. The lowest BCUT2D eigenvalue weighted by Gasteiger charge is -2.27. The fraction of sp³-hybridized carbons (Fsp3) is 0. The van der Waals surface area contributed by atoms with Crippen LogP contribution in [0.15, 0.2) is 194 Å². The SMILES string of the molecule is c1ccc(-c2nc3c(N(c4ccccc4)c4ccccc4)cccc3c3c2ccc2c(-c4nc5ccccc5n4-c4ccccc4)cccc23)cc1. The van der Waals surface area contributed by atoms with Crippen molar-refractivity contribution in [3.63, 3.8) is 0 Å². The molecule has 0 aliphatic carbocycles. The largest absolute Gasteiger partial charge is 0.308 e. The van der Waals surface area contributed by atoms with E-state index in [1.165, 1.54) is 5.39 Å². The van der Waals surface area contributed by atoms with Crippen LogP contribution in [0.1, 0.15) is 0 Å². The molecule has 0 aliphatic heterocycles. The van der Waals surface area contributed by atoms with E-state index >= 15 is 0 Å². The zero-order chi connectivity index (χ0) is 34.4. The number of aromatic nitrogens is 3. The van der Waals surface area contributed by atoms with E-state index in [1.54, 1.807) is 0 Å². The van der Waals surface area contributed by atoms with Crippen molar-refractivity contribution in [2.45, 2.75) is 0 Å². The van der Waals surface area contributed by atoms with Gasteiger partial charge in [0.05, 0.1) is 27.9 Å². The van der Waals surface area contributed by atoms with Crippen LogP contribution >= 0.6 is 0 Å². The Morgan fingerprint density at radius 1 is 0.423 bits per heavy atom. The van der Waals surface area contributed by atoms with Crippen LogP contribution in [0.5, 0.6) is 0 Å². The fourth-order valence-corrected chi connectivity index (χ4v) is 7.69. The Morgan fingerprint density at radius 2 is 1.02 bits per heavy atom. The fourth-order valence-electron chi connectivity index (χ4n) is 7.69. The molecular formula is C48H32N4. The number of fused-ring (bicyclic) bond motifs is 6. The van der Waals surface area contributed by atoms with Crippen molar-refractivity contribution >= 4 is 60.5 Å². The summed E-state index contributed by atoms with van der Waals surface area (Å²) in [4.78, 5) is 13.1. The molecule has 10 aromatic rings.